The molecule has 206 valence electrons. The Hall–Kier alpha value is -4.43. The van der Waals surface area contributed by atoms with E-state index in [9.17, 15) is 18.5 Å². The van der Waals surface area contributed by atoms with Crippen LogP contribution in [0.2, 0.25) is 0 Å². The molecule has 0 unspecified atom stereocenters. The number of amides is 2. The van der Waals surface area contributed by atoms with Gasteiger partial charge in [0.05, 0.1) is 22.5 Å². The number of rotatable bonds is 9. The Bertz CT molecular complexity index is 1670. The van der Waals surface area contributed by atoms with Gasteiger partial charge in [0.15, 0.2) is 0 Å². The fourth-order valence-corrected chi connectivity index (χ4v) is 5.68. The number of carbonyl (C=O) groups excluding carboxylic acids is 1. The normalized spacial score (nSPS) is 13.6. The van der Waals surface area contributed by atoms with Crippen LogP contribution < -0.4 is 15.4 Å². The molecule has 40 heavy (non-hydrogen) atoms. The highest BCUT2D eigenvalue weighted by molar-refractivity contribution is 7.91. The zero-order valence-corrected chi connectivity index (χ0v) is 23.1. The average Bonchev–Trinajstić information content (AvgIpc) is 3.21. The first-order valence-corrected chi connectivity index (χ1v) is 14.8. The van der Waals surface area contributed by atoms with Crippen molar-refractivity contribution < 1.29 is 17.9 Å². The molecule has 11 heteroatoms. The predicted octanol–water partition coefficient (Wildman–Crippen LogP) is 5.08. The summed E-state index contributed by atoms with van der Waals surface area (Å²) in [6.07, 6.45) is 5.88. The smallest absolute Gasteiger partial charge is 0.319 e. The van der Waals surface area contributed by atoms with E-state index < -0.39 is 9.84 Å². The van der Waals surface area contributed by atoms with Crippen LogP contribution in [0.3, 0.4) is 0 Å². The van der Waals surface area contributed by atoms with Crippen LogP contribution in [0.1, 0.15) is 44.7 Å². The largest absolute Gasteiger partial charge is 0.492 e. The molecule has 0 saturated heterocycles. The van der Waals surface area contributed by atoms with Crippen LogP contribution >= 0.6 is 0 Å². The molecule has 0 aliphatic heterocycles. The molecule has 2 amide bonds. The second-order valence-electron chi connectivity index (χ2n) is 10.00. The van der Waals surface area contributed by atoms with Gasteiger partial charge in [0.2, 0.25) is 15.0 Å². The van der Waals surface area contributed by atoms with Gasteiger partial charge in [-0.05, 0) is 69.0 Å². The van der Waals surface area contributed by atoms with E-state index in [0.29, 0.717) is 17.0 Å². The summed E-state index contributed by atoms with van der Waals surface area (Å²) in [5.74, 6) is 0.254. The molecular formula is C29H30N6O4S. The van der Waals surface area contributed by atoms with Gasteiger partial charge in [-0.2, -0.15) is 5.26 Å². The molecule has 10 nitrogen and oxygen atoms in total. The van der Waals surface area contributed by atoms with E-state index in [1.807, 2.05) is 50.2 Å². The Morgan fingerprint density at radius 2 is 1.88 bits per heavy atom. The van der Waals surface area contributed by atoms with Crippen molar-refractivity contribution in [3.63, 3.8) is 0 Å². The van der Waals surface area contributed by atoms with Crippen molar-refractivity contribution in [2.75, 3.05) is 17.7 Å². The van der Waals surface area contributed by atoms with E-state index in [1.54, 1.807) is 12.1 Å². The minimum atomic E-state index is -3.67. The second-order valence-corrected chi connectivity index (χ2v) is 12.0. The maximum Gasteiger partial charge on any atom is 0.319 e. The molecule has 2 heterocycles. The molecule has 1 saturated carbocycles. The monoisotopic (exact) mass is 558 g/mol. The summed E-state index contributed by atoms with van der Waals surface area (Å²) in [5.41, 5.74) is 3.77. The maximum atomic E-state index is 12.5. The molecule has 0 radical (unpaired) electrons. The van der Waals surface area contributed by atoms with Crippen LogP contribution in [-0.2, 0) is 9.84 Å². The molecule has 0 atom stereocenters. The standard InChI is InChI=1S/C29H30N6O4S/c1-19(2)33-28(36)34-21-9-7-20(8-10-21)27-25(18-30)24-12-11-23(17-26(24)35(27)22-5-3-6-22)39-15-16-40(37,38)29-31-13-4-14-32-29/h4,7-14,17,19,22H,3,5-6,15-16H2,1-2H3,(H2,33,34,36). The summed E-state index contributed by atoms with van der Waals surface area (Å²) >= 11 is 0. The summed E-state index contributed by atoms with van der Waals surface area (Å²) < 4.78 is 33.1. The summed E-state index contributed by atoms with van der Waals surface area (Å²) in [6.45, 7) is 3.72. The molecule has 1 fully saturated rings. The number of urea groups is 1. The first kappa shape index (κ1) is 27.1. The molecular weight excluding hydrogens is 528 g/mol. The second kappa shape index (κ2) is 11.4. The van der Waals surface area contributed by atoms with Crippen molar-refractivity contribution in [2.24, 2.45) is 0 Å². The first-order valence-electron chi connectivity index (χ1n) is 13.2. The highest BCUT2D eigenvalue weighted by Crippen LogP contribution is 2.43. The number of hydrogen-bond donors (Lipinski definition) is 2. The Balaban J connectivity index is 1.44. The minimum absolute atomic E-state index is 0.0202. The van der Waals surface area contributed by atoms with Gasteiger partial charge >= 0.3 is 6.03 Å². The van der Waals surface area contributed by atoms with E-state index >= 15 is 0 Å². The summed E-state index contributed by atoms with van der Waals surface area (Å²) in [7, 11) is -3.67. The lowest BCUT2D eigenvalue weighted by Crippen LogP contribution is -2.34. The third kappa shape index (κ3) is 5.62. The molecule has 2 aromatic heterocycles. The molecule has 2 N–H and O–H groups in total. The van der Waals surface area contributed by atoms with Gasteiger partial charge in [0, 0.05) is 41.6 Å². The molecule has 0 bridgehead atoms. The molecule has 5 rings (SSSR count). The van der Waals surface area contributed by atoms with Crippen LogP contribution in [0.5, 0.6) is 5.75 Å². The van der Waals surface area contributed by atoms with Gasteiger partial charge in [-0.1, -0.05) is 12.1 Å². The Labute approximate surface area is 232 Å². The van der Waals surface area contributed by atoms with E-state index in [4.69, 9.17) is 4.74 Å². The van der Waals surface area contributed by atoms with Crippen LogP contribution in [0.25, 0.3) is 22.2 Å². The summed E-state index contributed by atoms with van der Waals surface area (Å²) in [5, 5.41) is 16.4. The number of nitrogens with one attached hydrogen (secondary N) is 2. The number of ether oxygens (including phenoxy) is 1. The number of aromatic nitrogens is 3. The fourth-order valence-electron chi connectivity index (χ4n) is 4.75. The van der Waals surface area contributed by atoms with Crippen molar-refractivity contribution in [1.29, 1.82) is 5.26 Å². The summed E-state index contributed by atoms with van der Waals surface area (Å²) in [6, 6.07) is 16.9. The highest BCUT2D eigenvalue weighted by atomic mass is 32.2. The van der Waals surface area contributed by atoms with E-state index in [1.165, 1.54) is 12.4 Å². The number of nitriles is 1. The quantitative estimate of drug-likeness (QED) is 0.273. The Kier molecular flexibility index (Phi) is 7.71. The van der Waals surface area contributed by atoms with Gasteiger partial charge in [0.1, 0.15) is 18.4 Å². The van der Waals surface area contributed by atoms with E-state index in [-0.39, 0.29) is 35.6 Å². The molecule has 1 aliphatic carbocycles. The maximum absolute atomic E-state index is 12.5. The number of benzene rings is 2. The highest BCUT2D eigenvalue weighted by Gasteiger charge is 2.28. The summed E-state index contributed by atoms with van der Waals surface area (Å²) in [4.78, 5) is 19.8. The molecule has 1 aliphatic rings. The van der Waals surface area contributed by atoms with E-state index in [2.05, 4.69) is 31.2 Å². The fraction of sp³-hybridized carbons (Fsp3) is 0.310. The van der Waals surface area contributed by atoms with Crippen LogP contribution in [0, 0.1) is 11.3 Å². The number of hydrogen-bond acceptors (Lipinski definition) is 7. The van der Waals surface area contributed by atoms with Crippen molar-refractivity contribution >= 4 is 32.5 Å². The predicted molar refractivity (Wildman–Crippen MR) is 152 cm³/mol. The first-order chi connectivity index (χ1) is 19.3. The lowest BCUT2D eigenvalue weighted by atomic mass is 9.92. The number of sulfone groups is 1. The lowest BCUT2D eigenvalue weighted by Gasteiger charge is -2.30. The minimum Gasteiger partial charge on any atom is -0.492 e. The third-order valence-electron chi connectivity index (χ3n) is 6.80. The zero-order valence-electron chi connectivity index (χ0n) is 22.3. The SMILES string of the molecule is CC(C)NC(=O)Nc1ccc(-c2c(C#N)c3ccc(OCCS(=O)(=O)c4ncccn4)cc3n2C2CCC2)cc1. The van der Waals surface area contributed by atoms with Crippen LogP contribution in [-0.4, -0.2) is 47.4 Å². The molecule has 0 spiro atoms. The van der Waals surface area contributed by atoms with Crippen molar-refractivity contribution in [3.8, 4) is 23.1 Å². The van der Waals surface area contributed by atoms with Crippen molar-refractivity contribution in [1.82, 2.24) is 19.9 Å². The molecule has 4 aromatic rings. The number of nitrogens with zero attached hydrogens (tertiary/aromatic N) is 4. The van der Waals surface area contributed by atoms with Gasteiger partial charge in [-0.3, -0.25) is 0 Å². The number of fused-ring (bicyclic) bond motifs is 1. The van der Waals surface area contributed by atoms with Crippen molar-refractivity contribution in [2.45, 2.75) is 50.4 Å². The Morgan fingerprint density at radius 1 is 1.15 bits per heavy atom. The third-order valence-corrected chi connectivity index (χ3v) is 8.28. The average molecular weight is 559 g/mol. The zero-order chi connectivity index (χ0) is 28.3. The van der Waals surface area contributed by atoms with Gasteiger partial charge in [-0.15, -0.1) is 0 Å². The van der Waals surface area contributed by atoms with Gasteiger partial charge < -0.3 is 19.9 Å². The Morgan fingerprint density at radius 3 is 2.50 bits per heavy atom. The lowest BCUT2D eigenvalue weighted by molar-refractivity contribution is 0.250. The van der Waals surface area contributed by atoms with Gasteiger partial charge in [0.25, 0.3) is 0 Å². The van der Waals surface area contributed by atoms with Gasteiger partial charge in [-0.25, -0.2) is 23.2 Å². The number of carbonyl (C=O) groups is 1. The topological polar surface area (TPSA) is 139 Å². The van der Waals surface area contributed by atoms with Crippen LogP contribution in [0.15, 0.2) is 66.1 Å². The van der Waals surface area contributed by atoms with E-state index in [0.717, 1.165) is 41.4 Å². The van der Waals surface area contributed by atoms with Crippen molar-refractivity contribution in [3.05, 3.63) is 66.5 Å². The molecule has 2 aromatic carbocycles. The van der Waals surface area contributed by atoms with Crippen LogP contribution in [0.4, 0.5) is 10.5 Å². The number of anilines is 1.